The van der Waals surface area contributed by atoms with E-state index in [0.717, 1.165) is 19.5 Å². The third-order valence-corrected chi connectivity index (χ3v) is 1.28. The van der Waals surface area contributed by atoms with Gasteiger partial charge in [-0.25, -0.2) is 5.53 Å². The van der Waals surface area contributed by atoms with Crippen LogP contribution in [0.4, 0.5) is 0 Å². The van der Waals surface area contributed by atoms with Crippen LogP contribution < -0.4 is 16.4 Å². The van der Waals surface area contributed by atoms with Gasteiger partial charge in [0.15, 0.2) is 0 Å². The summed E-state index contributed by atoms with van der Waals surface area (Å²) >= 11 is 0. The monoisotopic (exact) mass is 143 g/mol. The van der Waals surface area contributed by atoms with Crippen molar-refractivity contribution in [3.63, 3.8) is 0 Å². The Kier molecular flexibility index (Phi) is 2.98. The summed E-state index contributed by atoms with van der Waals surface area (Å²) in [5.74, 6) is 0. The third-order valence-electron chi connectivity index (χ3n) is 1.28. The van der Waals surface area contributed by atoms with E-state index in [1.165, 1.54) is 0 Å². The fourth-order valence-corrected chi connectivity index (χ4v) is 0.760. The first-order valence-corrected chi connectivity index (χ1v) is 3.38. The summed E-state index contributed by atoms with van der Waals surface area (Å²) in [4.78, 5) is 0. The number of hydrazine groups is 2. The number of rotatable bonds is 4. The maximum atomic E-state index is 3.76. The van der Waals surface area contributed by atoms with Crippen LogP contribution in [0.3, 0.4) is 0 Å². The molecule has 5 nitrogen and oxygen atoms in total. The molecule has 58 valence electrons. The molecule has 0 atom stereocenters. The second kappa shape index (κ2) is 4.08. The highest BCUT2D eigenvalue weighted by Gasteiger charge is 2.00. The van der Waals surface area contributed by atoms with E-state index >= 15 is 0 Å². The molecule has 1 heterocycles. The SMILES string of the molecule is CNCCCN1C=NNN1. The maximum Gasteiger partial charge on any atom is 0.128 e. The van der Waals surface area contributed by atoms with Crippen LogP contribution in [0, 0.1) is 0 Å². The zero-order valence-electron chi connectivity index (χ0n) is 6.09. The topological polar surface area (TPSA) is 51.7 Å². The molecule has 0 aliphatic carbocycles. The molecule has 0 fully saturated rings. The molecular formula is C5H13N5. The molecule has 3 N–H and O–H groups in total. The molecular weight excluding hydrogens is 130 g/mol. The smallest absolute Gasteiger partial charge is 0.128 e. The zero-order valence-corrected chi connectivity index (χ0v) is 6.09. The van der Waals surface area contributed by atoms with Crippen LogP contribution in [0.25, 0.3) is 0 Å². The first kappa shape index (κ1) is 7.30. The van der Waals surface area contributed by atoms with Crippen molar-refractivity contribution in [1.82, 2.24) is 21.4 Å². The number of hydrazone groups is 1. The van der Waals surface area contributed by atoms with Gasteiger partial charge in [0.25, 0.3) is 0 Å². The van der Waals surface area contributed by atoms with Gasteiger partial charge in [0.1, 0.15) is 6.34 Å². The summed E-state index contributed by atoms with van der Waals surface area (Å²) in [7, 11) is 1.95. The van der Waals surface area contributed by atoms with Gasteiger partial charge in [0.05, 0.1) is 0 Å². The van der Waals surface area contributed by atoms with E-state index in [1.807, 2.05) is 12.1 Å². The predicted molar refractivity (Wildman–Crippen MR) is 40.0 cm³/mol. The van der Waals surface area contributed by atoms with Crippen molar-refractivity contribution in [3.05, 3.63) is 0 Å². The number of hydrogen-bond donors (Lipinski definition) is 3. The molecule has 1 aliphatic rings. The average molecular weight is 143 g/mol. The Morgan fingerprint density at radius 2 is 2.60 bits per heavy atom. The Morgan fingerprint density at radius 1 is 1.70 bits per heavy atom. The van der Waals surface area contributed by atoms with Crippen LogP contribution in [0.2, 0.25) is 0 Å². The van der Waals surface area contributed by atoms with Gasteiger partial charge >= 0.3 is 0 Å². The minimum Gasteiger partial charge on any atom is -0.320 e. The summed E-state index contributed by atoms with van der Waals surface area (Å²) in [5, 5.41) is 8.74. The van der Waals surface area contributed by atoms with Crippen molar-refractivity contribution in [2.75, 3.05) is 20.1 Å². The van der Waals surface area contributed by atoms with E-state index in [0.29, 0.717) is 0 Å². The van der Waals surface area contributed by atoms with Crippen molar-refractivity contribution < 1.29 is 0 Å². The highest BCUT2D eigenvalue weighted by molar-refractivity contribution is 5.54. The minimum atomic E-state index is 0.970. The second-order valence-electron chi connectivity index (χ2n) is 2.12. The largest absolute Gasteiger partial charge is 0.320 e. The maximum absolute atomic E-state index is 3.76. The minimum absolute atomic E-state index is 0.970. The van der Waals surface area contributed by atoms with E-state index in [4.69, 9.17) is 0 Å². The van der Waals surface area contributed by atoms with Crippen molar-refractivity contribution >= 4 is 6.34 Å². The fourth-order valence-electron chi connectivity index (χ4n) is 0.760. The third kappa shape index (κ3) is 2.20. The van der Waals surface area contributed by atoms with Gasteiger partial charge in [0, 0.05) is 6.54 Å². The van der Waals surface area contributed by atoms with Crippen LogP contribution in [-0.2, 0) is 0 Å². The van der Waals surface area contributed by atoms with Crippen molar-refractivity contribution in [3.8, 4) is 0 Å². The lowest BCUT2D eigenvalue weighted by Gasteiger charge is -2.12. The zero-order chi connectivity index (χ0) is 7.23. The molecule has 10 heavy (non-hydrogen) atoms. The summed E-state index contributed by atoms with van der Waals surface area (Å²) in [5.41, 5.74) is 5.47. The number of nitrogens with zero attached hydrogens (tertiary/aromatic N) is 2. The van der Waals surface area contributed by atoms with Crippen LogP contribution in [-0.4, -0.2) is 31.5 Å². The fraction of sp³-hybridized carbons (Fsp3) is 0.800. The van der Waals surface area contributed by atoms with Gasteiger partial charge in [-0.3, -0.25) is 5.01 Å². The van der Waals surface area contributed by atoms with Crippen LogP contribution in [0.1, 0.15) is 6.42 Å². The van der Waals surface area contributed by atoms with E-state index in [-0.39, 0.29) is 0 Å². The molecule has 0 unspecified atom stereocenters. The van der Waals surface area contributed by atoms with E-state index in [2.05, 4.69) is 21.5 Å². The van der Waals surface area contributed by atoms with E-state index in [9.17, 15) is 0 Å². The Hall–Kier alpha value is -0.810. The standard InChI is InChI=1S/C5H13N5/c1-6-3-2-4-10-5-7-8-9-10/h5-6,8-9H,2-4H2,1H3. The molecule has 0 saturated carbocycles. The van der Waals surface area contributed by atoms with Crippen molar-refractivity contribution in [1.29, 1.82) is 0 Å². The van der Waals surface area contributed by atoms with Crippen molar-refractivity contribution in [2.45, 2.75) is 6.42 Å². The summed E-state index contributed by atoms with van der Waals surface area (Å²) in [6.07, 6.45) is 2.84. The lowest BCUT2D eigenvalue weighted by atomic mass is 10.4. The van der Waals surface area contributed by atoms with Gasteiger partial charge in [-0.15, -0.1) is 5.53 Å². The molecule has 1 rings (SSSR count). The summed E-state index contributed by atoms with van der Waals surface area (Å²) in [6.45, 7) is 2.00. The lowest BCUT2D eigenvalue weighted by molar-refractivity contribution is 0.296. The molecule has 1 aliphatic heterocycles. The Bertz CT molecular complexity index is 113. The molecule has 0 aromatic carbocycles. The van der Waals surface area contributed by atoms with Gasteiger partial charge in [-0.2, -0.15) is 5.10 Å². The van der Waals surface area contributed by atoms with Crippen LogP contribution in [0.15, 0.2) is 5.10 Å². The predicted octanol–water partition coefficient (Wildman–Crippen LogP) is -1.14. The summed E-state index contributed by atoms with van der Waals surface area (Å²) in [6, 6.07) is 0. The highest BCUT2D eigenvalue weighted by atomic mass is 15.8. The molecule has 0 saturated heterocycles. The summed E-state index contributed by atoms with van der Waals surface area (Å²) < 4.78 is 0. The molecule has 0 spiro atoms. The molecule has 0 amide bonds. The number of hydrogen-bond acceptors (Lipinski definition) is 5. The Morgan fingerprint density at radius 3 is 3.20 bits per heavy atom. The molecule has 0 radical (unpaired) electrons. The first-order valence-electron chi connectivity index (χ1n) is 3.38. The van der Waals surface area contributed by atoms with Gasteiger partial charge in [-0.05, 0) is 20.0 Å². The van der Waals surface area contributed by atoms with E-state index < -0.39 is 0 Å². The quantitative estimate of drug-likeness (QED) is 0.436. The highest BCUT2D eigenvalue weighted by Crippen LogP contribution is 1.84. The van der Waals surface area contributed by atoms with Crippen molar-refractivity contribution in [2.24, 2.45) is 5.10 Å². The molecule has 0 bridgehead atoms. The second-order valence-corrected chi connectivity index (χ2v) is 2.12. The normalized spacial score (nSPS) is 15.9. The van der Waals surface area contributed by atoms with Gasteiger partial charge in [0.2, 0.25) is 0 Å². The first-order chi connectivity index (χ1) is 4.93. The number of nitrogens with one attached hydrogen (secondary N) is 3. The average Bonchev–Trinajstić information content (AvgIpc) is 2.41. The Balaban J connectivity index is 1.97. The van der Waals surface area contributed by atoms with Gasteiger partial charge < -0.3 is 5.32 Å². The molecule has 0 aromatic rings. The lowest BCUT2D eigenvalue weighted by Crippen LogP contribution is -2.38. The molecule has 0 aromatic heterocycles. The molecule has 5 heteroatoms. The van der Waals surface area contributed by atoms with Crippen LogP contribution >= 0.6 is 0 Å². The van der Waals surface area contributed by atoms with E-state index in [1.54, 1.807) is 6.34 Å². The van der Waals surface area contributed by atoms with Crippen LogP contribution in [0.5, 0.6) is 0 Å². The van der Waals surface area contributed by atoms with Gasteiger partial charge in [-0.1, -0.05) is 0 Å². The Labute approximate surface area is 60.4 Å².